The maximum Gasteiger partial charge on any atom is 0.125 e. The fourth-order valence-electron chi connectivity index (χ4n) is 2.82. The molecule has 0 atom stereocenters. The molecule has 26 heavy (non-hydrogen) atoms. The molecule has 2 nitrogen and oxygen atoms in total. The minimum absolute atomic E-state index is 0.231. The molecule has 0 aliphatic rings. The predicted molar refractivity (Wildman–Crippen MR) is 110 cm³/mol. The van der Waals surface area contributed by atoms with Gasteiger partial charge in [0.2, 0.25) is 0 Å². The second-order valence-corrected chi connectivity index (χ2v) is 6.63. The maximum atomic E-state index is 10.5. The monoisotopic (exact) mass is 363 g/mol. The molecular weight excluding hydrogens is 342 g/mol. The Morgan fingerprint density at radius 2 is 1.65 bits per heavy atom. The van der Waals surface area contributed by atoms with Gasteiger partial charge in [-0.3, -0.25) is 4.99 Å². The lowest BCUT2D eigenvalue weighted by Crippen LogP contribution is -2.05. The second kappa shape index (κ2) is 8.68. The van der Waals surface area contributed by atoms with Crippen LogP contribution in [0.25, 0.3) is 11.1 Å². The number of halogens is 1. The lowest BCUT2D eigenvalue weighted by molar-refractivity contribution is 0.474. The molecule has 0 saturated carbocycles. The van der Waals surface area contributed by atoms with Gasteiger partial charge < -0.3 is 5.11 Å². The van der Waals surface area contributed by atoms with Crippen molar-refractivity contribution in [3.63, 3.8) is 0 Å². The van der Waals surface area contributed by atoms with Crippen molar-refractivity contribution in [3.8, 4) is 16.9 Å². The van der Waals surface area contributed by atoms with E-state index in [1.165, 1.54) is 0 Å². The van der Waals surface area contributed by atoms with Crippen molar-refractivity contribution in [1.82, 2.24) is 0 Å². The van der Waals surface area contributed by atoms with Gasteiger partial charge in [-0.05, 0) is 41.8 Å². The molecule has 132 valence electrons. The summed E-state index contributed by atoms with van der Waals surface area (Å²) in [5.74, 6) is 0.231. The van der Waals surface area contributed by atoms with Gasteiger partial charge >= 0.3 is 0 Å². The van der Waals surface area contributed by atoms with Crippen LogP contribution >= 0.6 is 11.6 Å². The Morgan fingerprint density at radius 3 is 2.35 bits per heavy atom. The Labute approximate surface area is 159 Å². The molecule has 0 aliphatic heterocycles. The molecule has 0 aromatic heterocycles. The molecule has 0 fully saturated rings. The second-order valence-electron chi connectivity index (χ2n) is 6.19. The molecule has 3 rings (SSSR count). The van der Waals surface area contributed by atoms with Gasteiger partial charge in [0.25, 0.3) is 0 Å². The summed E-state index contributed by atoms with van der Waals surface area (Å²) >= 11 is 6.04. The normalized spacial score (nSPS) is 11.5. The van der Waals surface area contributed by atoms with Crippen molar-refractivity contribution in [2.24, 2.45) is 4.99 Å². The van der Waals surface area contributed by atoms with E-state index >= 15 is 0 Å². The Balaban J connectivity index is 2.08. The van der Waals surface area contributed by atoms with Crippen LogP contribution in [0.4, 0.5) is 0 Å². The molecule has 0 spiro atoms. The Hall–Kier alpha value is -2.58. The zero-order valence-electron chi connectivity index (χ0n) is 14.8. The fourth-order valence-corrected chi connectivity index (χ4v) is 2.95. The van der Waals surface area contributed by atoms with Crippen LogP contribution in [-0.2, 0) is 0 Å². The SMILES string of the molecule is CCCCN=C(c1ccc(Cl)cc1)c1cc(-c2ccccc2)ccc1O. The largest absolute Gasteiger partial charge is 0.507 e. The summed E-state index contributed by atoms with van der Waals surface area (Å²) in [7, 11) is 0. The first-order valence-electron chi connectivity index (χ1n) is 8.88. The molecule has 0 heterocycles. The molecule has 0 unspecified atom stereocenters. The molecule has 3 heteroatoms. The van der Waals surface area contributed by atoms with Crippen molar-refractivity contribution >= 4 is 17.3 Å². The molecule has 3 aromatic carbocycles. The average Bonchev–Trinajstić information content (AvgIpc) is 2.68. The number of hydrogen-bond acceptors (Lipinski definition) is 2. The summed E-state index contributed by atoms with van der Waals surface area (Å²) in [4.78, 5) is 4.79. The highest BCUT2D eigenvalue weighted by Crippen LogP contribution is 2.28. The number of aliphatic imine (C=N–C) groups is 1. The summed E-state index contributed by atoms with van der Waals surface area (Å²) < 4.78 is 0. The molecule has 3 aromatic rings. The number of rotatable bonds is 6. The van der Waals surface area contributed by atoms with Gasteiger partial charge in [-0.15, -0.1) is 0 Å². The van der Waals surface area contributed by atoms with Crippen molar-refractivity contribution in [1.29, 1.82) is 0 Å². The van der Waals surface area contributed by atoms with Crippen LogP contribution in [0.1, 0.15) is 30.9 Å². The lowest BCUT2D eigenvalue weighted by atomic mass is 9.96. The van der Waals surface area contributed by atoms with Gasteiger partial charge in [0.15, 0.2) is 0 Å². The van der Waals surface area contributed by atoms with E-state index in [1.807, 2.05) is 54.6 Å². The summed E-state index contributed by atoms with van der Waals surface area (Å²) in [5.41, 5.74) is 4.65. The Bertz CT molecular complexity index is 886. The summed E-state index contributed by atoms with van der Waals surface area (Å²) in [6, 6.07) is 23.4. The van der Waals surface area contributed by atoms with Crippen LogP contribution in [0.5, 0.6) is 5.75 Å². The molecule has 0 radical (unpaired) electrons. The topological polar surface area (TPSA) is 32.6 Å². The molecule has 0 amide bonds. The zero-order chi connectivity index (χ0) is 18.4. The first-order chi connectivity index (χ1) is 12.7. The molecule has 1 N–H and O–H groups in total. The molecule has 0 bridgehead atoms. The van der Waals surface area contributed by atoms with E-state index in [0.717, 1.165) is 47.4 Å². The highest BCUT2D eigenvalue weighted by molar-refractivity contribution is 6.30. The van der Waals surface area contributed by atoms with E-state index in [0.29, 0.717) is 5.02 Å². The maximum absolute atomic E-state index is 10.5. The van der Waals surface area contributed by atoms with Gasteiger partial charge in [0, 0.05) is 22.7 Å². The van der Waals surface area contributed by atoms with E-state index in [9.17, 15) is 5.11 Å². The minimum atomic E-state index is 0.231. The van der Waals surface area contributed by atoms with Crippen molar-refractivity contribution in [2.45, 2.75) is 19.8 Å². The lowest BCUT2D eigenvalue weighted by Gasteiger charge is -2.12. The number of nitrogens with zero attached hydrogens (tertiary/aromatic N) is 1. The van der Waals surface area contributed by atoms with Gasteiger partial charge in [-0.25, -0.2) is 0 Å². The quantitative estimate of drug-likeness (QED) is 0.401. The van der Waals surface area contributed by atoms with Gasteiger partial charge in [0.05, 0.1) is 5.71 Å². The van der Waals surface area contributed by atoms with E-state index in [4.69, 9.17) is 16.6 Å². The fraction of sp³-hybridized carbons (Fsp3) is 0.174. The number of phenols is 1. The molecular formula is C23H22ClNO. The summed E-state index contributed by atoms with van der Waals surface area (Å²) in [5, 5.41) is 11.2. The molecule has 0 aliphatic carbocycles. The number of benzene rings is 3. The smallest absolute Gasteiger partial charge is 0.125 e. The average molecular weight is 364 g/mol. The zero-order valence-corrected chi connectivity index (χ0v) is 15.6. The third-order valence-electron chi connectivity index (χ3n) is 4.26. The van der Waals surface area contributed by atoms with Gasteiger partial charge in [-0.1, -0.05) is 73.5 Å². The van der Waals surface area contributed by atoms with Crippen molar-refractivity contribution < 1.29 is 5.11 Å². The van der Waals surface area contributed by atoms with Crippen LogP contribution < -0.4 is 0 Å². The highest BCUT2D eigenvalue weighted by atomic mass is 35.5. The van der Waals surface area contributed by atoms with E-state index in [1.54, 1.807) is 6.07 Å². The van der Waals surface area contributed by atoms with Crippen LogP contribution in [0.3, 0.4) is 0 Å². The Kier molecular flexibility index (Phi) is 6.08. The first-order valence-corrected chi connectivity index (χ1v) is 9.26. The third-order valence-corrected chi connectivity index (χ3v) is 4.51. The predicted octanol–water partition coefficient (Wildman–Crippen LogP) is 6.35. The van der Waals surface area contributed by atoms with E-state index in [-0.39, 0.29) is 5.75 Å². The first kappa shape index (κ1) is 18.2. The van der Waals surface area contributed by atoms with E-state index < -0.39 is 0 Å². The van der Waals surface area contributed by atoms with Gasteiger partial charge in [0.1, 0.15) is 5.75 Å². The Morgan fingerprint density at radius 1 is 0.923 bits per heavy atom. The van der Waals surface area contributed by atoms with Crippen LogP contribution in [0.15, 0.2) is 77.8 Å². The van der Waals surface area contributed by atoms with Crippen molar-refractivity contribution in [2.75, 3.05) is 6.54 Å². The minimum Gasteiger partial charge on any atom is -0.507 e. The van der Waals surface area contributed by atoms with Crippen LogP contribution in [0.2, 0.25) is 5.02 Å². The van der Waals surface area contributed by atoms with E-state index in [2.05, 4.69) is 19.1 Å². The van der Waals surface area contributed by atoms with Crippen LogP contribution in [-0.4, -0.2) is 17.4 Å². The number of unbranched alkanes of at least 4 members (excludes halogenated alkanes) is 1. The number of phenolic OH excluding ortho intramolecular Hbond substituents is 1. The summed E-state index contributed by atoms with van der Waals surface area (Å²) in [6.45, 7) is 2.87. The highest BCUT2D eigenvalue weighted by Gasteiger charge is 2.13. The van der Waals surface area contributed by atoms with Gasteiger partial charge in [-0.2, -0.15) is 0 Å². The van der Waals surface area contributed by atoms with Crippen molar-refractivity contribution in [3.05, 3.63) is 88.9 Å². The standard InChI is InChI=1S/C23H22ClNO/c1-2-3-15-25-23(18-9-12-20(24)13-10-18)21-16-19(11-14-22(21)26)17-7-5-4-6-8-17/h4-14,16,26H,2-3,15H2,1H3. The number of hydrogen-bond donors (Lipinski definition) is 1. The molecule has 0 saturated heterocycles. The third kappa shape index (κ3) is 4.33. The summed E-state index contributed by atoms with van der Waals surface area (Å²) in [6.07, 6.45) is 2.09. The van der Waals surface area contributed by atoms with Crippen LogP contribution in [0, 0.1) is 0 Å². The number of aromatic hydroxyl groups is 1.